The summed E-state index contributed by atoms with van der Waals surface area (Å²) in [7, 11) is 0. The van der Waals surface area contributed by atoms with Crippen LogP contribution in [0, 0.1) is 5.92 Å². The summed E-state index contributed by atoms with van der Waals surface area (Å²) in [5.74, 6) is 0.527. The molecule has 2 aromatic rings. The van der Waals surface area contributed by atoms with Crippen molar-refractivity contribution < 1.29 is 14.4 Å². The van der Waals surface area contributed by atoms with Crippen molar-refractivity contribution in [3.63, 3.8) is 0 Å². The molecule has 0 radical (unpaired) electrons. The van der Waals surface area contributed by atoms with Crippen molar-refractivity contribution in [3.8, 4) is 0 Å². The smallest absolute Gasteiger partial charge is 0.245 e. The number of halogens is 1. The van der Waals surface area contributed by atoms with Crippen molar-refractivity contribution in [2.24, 2.45) is 5.92 Å². The van der Waals surface area contributed by atoms with Gasteiger partial charge >= 0.3 is 0 Å². The maximum atomic E-state index is 14.1. The number of likely N-dealkylation sites (tertiary alicyclic amines) is 2. The number of rotatable bonds is 10. The average Bonchev–Trinajstić information content (AvgIpc) is 3.04. The van der Waals surface area contributed by atoms with Gasteiger partial charge in [-0.1, -0.05) is 67.9 Å². The Bertz CT molecular complexity index is 1320. The van der Waals surface area contributed by atoms with Gasteiger partial charge in [0.1, 0.15) is 6.04 Å². The molecule has 244 valence electrons. The number of carbonyl (C=O) groups is 3. The minimum absolute atomic E-state index is 0.0381. The molecule has 0 saturated carbocycles. The Morgan fingerprint density at radius 1 is 0.933 bits per heavy atom. The topological polar surface area (TPSA) is 85.0 Å². The number of amides is 3. The van der Waals surface area contributed by atoms with E-state index in [0.29, 0.717) is 42.5 Å². The summed E-state index contributed by atoms with van der Waals surface area (Å²) in [6.07, 6.45) is 5.38. The molecule has 2 N–H and O–H groups in total. The van der Waals surface area contributed by atoms with Gasteiger partial charge in [-0.25, -0.2) is 0 Å². The molecule has 3 aliphatic heterocycles. The van der Waals surface area contributed by atoms with Crippen molar-refractivity contribution in [1.82, 2.24) is 25.3 Å². The Hall–Kier alpha value is -2.94. The lowest BCUT2D eigenvalue weighted by Gasteiger charge is -2.46. The van der Waals surface area contributed by atoms with Gasteiger partial charge in [0.2, 0.25) is 17.7 Å². The number of benzene rings is 2. The molecular weight excluding hydrogens is 586 g/mol. The maximum absolute atomic E-state index is 14.1. The van der Waals surface area contributed by atoms with Crippen LogP contribution in [0.15, 0.2) is 48.5 Å². The van der Waals surface area contributed by atoms with Crippen molar-refractivity contribution in [1.29, 1.82) is 0 Å². The molecule has 2 aromatic carbocycles. The van der Waals surface area contributed by atoms with E-state index in [1.165, 1.54) is 5.56 Å². The highest BCUT2D eigenvalue weighted by Crippen LogP contribution is 2.28. The molecule has 3 heterocycles. The Morgan fingerprint density at radius 2 is 1.56 bits per heavy atom. The van der Waals surface area contributed by atoms with Crippen LogP contribution in [-0.2, 0) is 27.2 Å². The predicted molar refractivity (Wildman–Crippen MR) is 179 cm³/mol. The van der Waals surface area contributed by atoms with E-state index in [9.17, 15) is 14.4 Å². The number of hydrogen-bond acceptors (Lipinski definition) is 5. The first-order chi connectivity index (χ1) is 21.7. The molecule has 2 saturated heterocycles. The van der Waals surface area contributed by atoms with Gasteiger partial charge < -0.3 is 20.4 Å². The van der Waals surface area contributed by atoms with Crippen molar-refractivity contribution in [2.45, 2.75) is 89.9 Å². The highest BCUT2D eigenvalue weighted by atomic mass is 35.5. The van der Waals surface area contributed by atoms with Crippen LogP contribution < -0.4 is 10.6 Å². The Morgan fingerprint density at radius 3 is 2.20 bits per heavy atom. The fourth-order valence-corrected chi connectivity index (χ4v) is 7.68. The molecule has 45 heavy (non-hydrogen) atoms. The lowest BCUT2D eigenvalue weighted by Crippen LogP contribution is -2.56. The molecule has 0 aromatic heterocycles. The summed E-state index contributed by atoms with van der Waals surface area (Å²) in [5.41, 5.74) is 3.29. The molecule has 2 fully saturated rings. The summed E-state index contributed by atoms with van der Waals surface area (Å²) in [6, 6.07) is 15.9. The van der Waals surface area contributed by atoms with Crippen LogP contribution in [-0.4, -0.2) is 89.8 Å². The van der Waals surface area contributed by atoms with E-state index in [4.69, 9.17) is 11.6 Å². The second-order valence-corrected chi connectivity index (χ2v) is 13.9. The average molecular weight is 636 g/mol. The minimum atomic E-state index is -0.685. The standard InChI is InChI=1S/C36H50ClN5O3/c1-25(2)24-42(29-13-18-40(19-14-29)26(3)43)30-15-20-41(21-16-30)36(45)34(22-28-9-5-7-11-32(28)37)39-35(44)23-33-31-10-6-4-8-27(31)12-17-38-33/h4-11,25,29-30,33-34,38H,12-24H2,1-3H3,(H,39,44). The van der Waals surface area contributed by atoms with Crippen LogP contribution in [0.25, 0.3) is 0 Å². The largest absolute Gasteiger partial charge is 0.344 e. The number of nitrogens with zero attached hydrogens (tertiary/aromatic N) is 3. The second-order valence-electron chi connectivity index (χ2n) is 13.5. The zero-order valence-electron chi connectivity index (χ0n) is 27.1. The maximum Gasteiger partial charge on any atom is 0.245 e. The van der Waals surface area contributed by atoms with E-state index in [-0.39, 0.29) is 30.2 Å². The van der Waals surface area contributed by atoms with Gasteiger partial charge in [-0.05, 0) is 67.3 Å². The van der Waals surface area contributed by atoms with Gasteiger partial charge in [-0.3, -0.25) is 19.3 Å². The highest BCUT2D eigenvalue weighted by Gasteiger charge is 2.36. The number of nitrogens with one attached hydrogen (secondary N) is 2. The zero-order valence-corrected chi connectivity index (χ0v) is 27.9. The molecule has 8 nitrogen and oxygen atoms in total. The SMILES string of the molecule is CC(=O)N1CCC(N(CC(C)C)C2CCN(C(=O)C(Cc3ccccc3Cl)NC(=O)CC3NCCc4ccccc43)CC2)CC1. The van der Waals surface area contributed by atoms with Gasteiger partial charge in [0, 0.05) is 75.6 Å². The molecule has 3 amide bonds. The summed E-state index contributed by atoms with van der Waals surface area (Å²) < 4.78 is 0. The van der Waals surface area contributed by atoms with Crippen LogP contribution >= 0.6 is 11.6 Å². The molecule has 0 spiro atoms. The highest BCUT2D eigenvalue weighted by molar-refractivity contribution is 6.31. The van der Waals surface area contributed by atoms with E-state index < -0.39 is 6.04 Å². The lowest BCUT2D eigenvalue weighted by atomic mass is 9.92. The summed E-state index contributed by atoms with van der Waals surface area (Å²) in [6.45, 7) is 11.0. The first-order valence-electron chi connectivity index (χ1n) is 16.8. The van der Waals surface area contributed by atoms with E-state index in [1.807, 2.05) is 46.2 Å². The third-order valence-corrected chi connectivity index (χ3v) is 10.2. The number of fused-ring (bicyclic) bond motifs is 1. The van der Waals surface area contributed by atoms with Crippen LogP contribution in [0.3, 0.4) is 0 Å². The van der Waals surface area contributed by atoms with Crippen LogP contribution in [0.2, 0.25) is 5.02 Å². The zero-order chi connectivity index (χ0) is 31.9. The number of hydrogen-bond donors (Lipinski definition) is 2. The molecule has 9 heteroatoms. The minimum Gasteiger partial charge on any atom is -0.344 e. The first kappa shape index (κ1) is 33.4. The third kappa shape index (κ3) is 8.66. The molecule has 5 rings (SSSR count). The van der Waals surface area contributed by atoms with Crippen LogP contribution in [0.4, 0.5) is 0 Å². The van der Waals surface area contributed by atoms with E-state index >= 15 is 0 Å². The van der Waals surface area contributed by atoms with Crippen LogP contribution in [0.1, 0.15) is 75.6 Å². The Labute approximate surface area is 273 Å². The van der Waals surface area contributed by atoms with Gasteiger partial charge in [0.05, 0.1) is 0 Å². The van der Waals surface area contributed by atoms with Gasteiger partial charge in [-0.2, -0.15) is 0 Å². The first-order valence-corrected chi connectivity index (χ1v) is 17.2. The number of piperidine rings is 2. The summed E-state index contributed by atoms with van der Waals surface area (Å²) in [5, 5.41) is 7.22. The number of carbonyl (C=O) groups excluding carboxylic acids is 3. The molecule has 0 bridgehead atoms. The predicted octanol–water partition coefficient (Wildman–Crippen LogP) is 4.60. The van der Waals surface area contributed by atoms with Gasteiger partial charge in [0.15, 0.2) is 0 Å². The van der Waals surface area contributed by atoms with Crippen molar-refractivity contribution >= 4 is 29.3 Å². The second kappa shape index (κ2) is 15.6. The fraction of sp³-hybridized carbons (Fsp3) is 0.583. The Kier molecular flexibility index (Phi) is 11.6. The molecule has 2 atom stereocenters. The quantitative estimate of drug-likeness (QED) is 0.399. The normalized spacial score (nSPS) is 20.3. The molecule has 3 aliphatic rings. The van der Waals surface area contributed by atoms with Crippen LogP contribution in [0.5, 0.6) is 0 Å². The monoisotopic (exact) mass is 635 g/mol. The van der Waals surface area contributed by atoms with E-state index in [0.717, 1.165) is 69.4 Å². The Balaban J connectivity index is 1.24. The molecule has 0 aliphatic carbocycles. The third-order valence-electron chi connectivity index (χ3n) is 9.82. The van der Waals surface area contributed by atoms with Gasteiger partial charge in [0.25, 0.3) is 0 Å². The fourth-order valence-electron chi connectivity index (χ4n) is 7.47. The molecule has 2 unspecified atom stereocenters. The summed E-state index contributed by atoms with van der Waals surface area (Å²) >= 11 is 6.53. The van der Waals surface area contributed by atoms with Crippen molar-refractivity contribution in [2.75, 3.05) is 39.3 Å². The summed E-state index contributed by atoms with van der Waals surface area (Å²) in [4.78, 5) is 46.1. The van der Waals surface area contributed by atoms with E-state index in [2.05, 4.69) is 41.5 Å². The van der Waals surface area contributed by atoms with Gasteiger partial charge in [-0.15, -0.1) is 0 Å². The van der Waals surface area contributed by atoms with E-state index in [1.54, 1.807) is 6.92 Å². The lowest BCUT2D eigenvalue weighted by molar-refractivity contribution is -0.138. The molecular formula is C36H50ClN5O3. The van der Waals surface area contributed by atoms with Crippen molar-refractivity contribution in [3.05, 3.63) is 70.2 Å².